The van der Waals surface area contributed by atoms with Gasteiger partial charge in [0.05, 0.1) is 13.2 Å². The molecule has 21 heavy (non-hydrogen) atoms. The molecule has 0 aromatic rings. The van der Waals surface area contributed by atoms with E-state index in [2.05, 4.69) is 10.3 Å². The highest BCUT2D eigenvalue weighted by Crippen LogP contribution is 2.09. The number of likely N-dealkylation sites (N-methyl/N-ethyl adjacent to an activating group) is 1. The number of carbonyl (C=O) groups excluding carboxylic acids is 1. The van der Waals surface area contributed by atoms with Gasteiger partial charge in [-0.3, -0.25) is 4.99 Å². The Morgan fingerprint density at radius 1 is 1.43 bits per heavy atom. The average Bonchev–Trinajstić information content (AvgIpc) is 2.32. The van der Waals surface area contributed by atoms with Crippen molar-refractivity contribution in [3.63, 3.8) is 0 Å². The van der Waals surface area contributed by atoms with Crippen molar-refractivity contribution in [1.29, 1.82) is 0 Å². The number of nitrogens with zero attached hydrogens (tertiary/aromatic N) is 2. The van der Waals surface area contributed by atoms with E-state index in [1.54, 1.807) is 12.0 Å². The van der Waals surface area contributed by atoms with Gasteiger partial charge in [-0.05, 0) is 34.6 Å². The third-order valence-electron chi connectivity index (χ3n) is 2.50. The first kappa shape index (κ1) is 19.5. The van der Waals surface area contributed by atoms with Crippen LogP contribution in [0.2, 0.25) is 0 Å². The van der Waals surface area contributed by atoms with Gasteiger partial charge >= 0.3 is 6.09 Å². The fraction of sp³-hybridized carbons (Fsp3) is 0.857. The molecule has 0 rings (SSSR count). The monoisotopic (exact) mass is 302 g/mol. The highest BCUT2D eigenvalue weighted by molar-refractivity contribution is 5.78. The van der Waals surface area contributed by atoms with Crippen LogP contribution in [-0.4, -0.2) is 61.9 Å². The van der Waals surface area contributed by atoms with Crippen LogP contribution in [0.3, 0.4) is 0 Å². The van der Waals surface area contributed by atoms with Crippen LogP contribution >= 0.6 is 0 Å². The number of amides is 1. The molecule has 0 spiro atoms. The van der Waals surface area contributed by atoms with E-state index in [9.17, 15) is 4.79 Å². The minimum atomic E-state index is -0.496. The lowest BCUT2D eigenvalue weighted by molar-refractivity contribution is 0.0266. The fourth-order valence-electron chi connectivity index (χ4n) is 1.59. The topological polar surface area (TPSA) is 89.2 Å². The van der Waals surface area contributed by atoms with E-state index in [0.717, 1.165) is 0 Å². The Kier molecular flexibility index (Phi) is 8.76. The molecule has 0 aliphatic rings. The molecule has 1 amide bonds. The average molecular weight is 302 g/mol. The van der Waals surface area contributed by atoms with Crippen LogP contribution in [0.25, 0.3) is 0 Å². The Balaban J connectivity index is 4.24. The van der Waals surface area contributed by atoms with Crippen LogP contribution in [0.1, 0.15) is 34.6 Å². The van der Waals surface area contributed by atoms with Crippen molar-refractivity contribution in [3.05, 3.63) is 0 Å². The van der Waals surface area contributed by atoms with Gasteiger partial charge in [0.25, 0.3) is 0 Å². The van der Waals surface area contributed by atoms with Crippen LogP contribution in [0.5, 0.6) is 0 Å². The second-order valence-electron chi connectivity index (χ2n) is 5.83. The molecule has 0 heterocycles. The van der Waals surface area contributed by atoms with Gasteiger partial charge in [-0.2, -0.15) is 0 Å². The van der Waals surface area contributed by atoms with Gasteiger partial charge in [0.1, 0.15) is 5.60 Å². The normalized spacial score (nSPS) is 13.7. The summed E-state index contributed by atoms with van der Waals surface area (Å²) in [6, 6.07) is 0.0897. The van der Waals surface area contributed by atoms with E-state index in [1.165, 1.54) is 0 Å². The van der Waals surface area contributed by atoms with E-state index in [0.29, 0.717) is 32.2 Å². The number of nitrogens with one attached hydrogen (secondary N) is 1. The summed E-state index contributed by atoms with van der Waals surface area (Å²) in [5, 5.41) is 3.01. The number of hydrogen-bond acceptors (Lipinski definition) is 4. The van der Waals surface area contributed by atoms with Crippen LogP contribution in [0.15, 0.2) is 4.99 Å². The zero-order valence-corrected chi connectivity index (χ0v) is 14.1. The Morgan fingerprint density at radius 2 is 2.05 bits per heavy atom. The highest BCUT2D eigenvalue weighted by Gasteiger charge is 2.20. The van der Waals surface area contributed by atoms with Crippen molar-refractivity contribution in [1.82, 2.24) is 10.2 Å². The number of carbonyl (C=O) groups is 1. The molecule has 1 atom stereocenters. The van der Waals surface area contributed by atoms with Gasteiger partial charge in [0.2, 0.25) is 0 Å². The Labute approximate surface area is 127 Å². The first-order chi connectivity index (χ1) is 9.69. The van der Waals surface area contributed by atoms with Crippen LogP contribution in [0, 0.1) is 0 Å². The Bertz CT molecular complexity index is 340. The molecule has 0 saturated heterocycles. The van der Waals surface area contributed by atoms with Crippen molar-refractivity contribution in [2.24, 2.45) is 10.7 Å². The van der Waals surface area contributed by atoms with E-state index < -0.39 is 5.60 Å². The summed E-state index contributed by atoms with van der Waals surface area (Å²) in [5.41, 5.74) is 5.26. The summed E-state index contributed by atoms with van der Waals surface area (Å²) in [5.74, 6) is 0.347. The Morgan fingerprint density at radius 3 is 2.52 bits per heavy atom. The highest BCUT2D eigenvalue weighted by atomic mass is 16.6. The van der Waals surface area contributed by atoms with Gasteiger partial charge in [-0.15, -0.1) is 0 Å². The maximum absolute atomic E-state index is 11.9. The smallest absolute Gasteiger partial charge is 0.410 e. The fourth-order valence-corrected chi connectivity index (χ4v) is 1.59. The standard InChI is InChI=1S/C14H30N4O3/c1-7-18(13(19)21-14(3,4)5)9-8-16-12(15)17-11(2)10-20-6/h11H,7-10H2,1-6H3,(H3,15,16,17). The number of rotatable bonds is 7. The molecule has 0 saturated carbocycles. The minimum absolute atomic E-state index is 0.0897. The van der Waals surface area contributed by atoms with Crippen molar-refractivity contribution >= 4 is 12.1 Å². The number of ether oxygens (including phenoxy) is 2. The summed E-state index contributed by atoms with van der Waals surface area (Å²) in [4.78, 5) is 17.7. The van der Waals surface area contributed by atoms with E-state index in [4.69, 9.17) is 15.2 Å². The molecule has 0 bridgehead atoms. The molecule has 0 aliphatic carbocycles. The maximum Gasteiger partial charge on any atom is 0.410 e. The van der Waals surface area contributed by atoms with Crippen molar-refractivity contribution in [3.8, 4) is 0 Å². The second-order valence-corrected chi connectivity index (χ2v) is 5.83. The van der Waals surface area contributed by atoms with Gasteiger partial charge in [0, 0.05) is 26.2 Å². The van der Waals surface area contributed by atoms with Crippen molar-refractivity contribution in [2.75, 3.05) is 33.4 Å². The third kappa shape index (κ3) is 9.95. The van der Waals surface area contributed by atoms with Crippen molar-refractivity contribution in [2.45, 2.75) is 46.3 Å². The molecule has 7 heteroatoms. The Hall–Kier alpha value is -1.50. The largest absolute Gasteiger partial charge is 0.444 e. The lowest BCUT2D eigenvalue weighted by atomic mass is 10.2. The number of guanidine groups is 1. The minimum Gasteiger partial charge on any atom is -0.444 e. The number of methoxy groups -OCH3 is 1. The zero-order chi connectivity index (χ0) is 16.5. The lowest BCUT2D eigenvalue weighted by Crippen LogP contribution is -2.42. The summed E-state index contributed by atoms with van der Waals surface area (Å²) in [6.07, 6.45) is -0.334. The number of nitrogens with two attached hydrogens (primary N) is 1. The molecule has 0 aromatic heterocycles. The summed E-state index contributed by atoms with van der Waals surface area (Å²) >= 11 is 0. The van der Waals surface area contributed by atoms with E-state index in [1.807, 2.05) is 34.6 Å². The molecule has 3 N–H and O–H groups in total. The van der Waals surface area contributed by atoms with Crippen LogP contribution in [0.4, 0.5) is 4.79 Å². The first-order valence-electron chi connectivity index (χ1n) is 7.23. The number of hydrogen-bond donors (Lipinski definition) is 2. The third-order valence-corrected chi connectivity index (χ3v) is 2.50. The van der Waals surface area contributed by atoms with Gasteiger partial charge in [-0.1, -0.05) is 0 Å². The quantitative estimate of drug-likeness (QED) is 0.544. The first-order valence-corrected chi connectivity index (χ1v) is 7.23. The molecule has 0 aliphatic heterocycles. The molecule has 7 nitrogen and oxygen atoms in total. The SMILES string of the molecule is CCN(CCN=C(N)NC(C)COC)C(=O)OC(C)(C)C. The van der Waals surface area contributed by atoms with Crippen LogP contribution < -0.4 is 11.1 Å². The van der Waals surface area contributed by atoms with E-state index in [-0.39, 0.29) is 12.1 Å². The second kappa shape index (κ2) is 9.44. The zero-order valence-electron chi connectivity index (χ0n) is 14.1. The summed E-state index contributed by atoms with van der Waals surface area (Å²) < 4.78 is 10.3. The maximum atomic E-state index is 11.9. The lowest BCUT2D eigenvalue weighted by Gasteiger charge is -2.26. The van der Waals surface area contributed by atoms with Gasteiger partial charge < -0.3 is 25.4 Å². The van der Waals surface area contributed by atoms with Gasteiger partial charge in [-0.25, -0.2) is 4.79 Å². The summed E-state index contributed by atoms with van der Waals surface area (Å²) in [6.45, 7) is 11.4. The summed E-state index contributed by atoms with van der Waals surface area (Å²) in [7, 11) is 1.63. The molecule has 0 fully saturated rings. The molecular weight excluding hydrogens is 272 g/mol. The predicted molar refractivity (Wildman–Crippen MR) is 84.4 cm³/mol. The van der Waals surface area contributed by atoms with E-state index >= 15 is 0 Å². The number of aliphatic imine (C=N–C) groups is 1. The molecular formula is C14H30N4O3. The molecule has 1 unspecified atom stereocenters. The molecule has 0 aromatic carbocycles. The van der Waals surface area contributed by atoms with Crippen LogP contribution in [-0.2, 0) is 9.47 Å². The molecule has 124 valence electrons. The van der Waals surface area contributed by atoms with Crippen molar-refractivity contribution < 1.29 is 14.3 Å². The predicted octanol–water partition coefficient (Wildman–Crippen LogP) is 1.18. The van der Waals surface area contributed by atoms with Gasteiger partial charge in [0.15, 0.2) is 5.96 Å². The molecule has 0 radical (unpaired) electrons.